The van der Waals surface area contributed by atoms with Crippen molar-refractivity contribution in [2.45, 2.75) is 24.3 Å². The van der Waals surface area contributed by atoms with Crippen LogP contribution in [0.4, 0.5) is 13.6 Å². The molecular weight excluding hydrogens is 426 g/mol. The molecule has 3 rings (SSSR count). The monoisotopic (exact) mass is 448 g/mol. The lowest BCUT2D eigenvalue weighted by atomic mass is 9.98. The number of aliphatic hydroxyl groups excluding tert-OH is 1. The summed E-state index contributed by atoms with van der Waals surface area (Å²) < 4.78 is 31.5. The normalized spacial score (nSPS) is 13.6. The number of fused-ring (bicyclic) bond motifs is 3. The zero-order valence-corrected chi connectivity index (χ0v) is 16.9. The predicted octanol–water partition coefficient (Wildman–Crippen LogP) is 2.11. The summed E-state index contributed by atoms with van der Waals surface area (Å²) in [5.74, 6) is -6.37. The number of benzene rings is 2. The number of nitrogens with one attached hydrogen (secondary N) is 2. The molecule has 32 heavy (non-hydrogen) atoms. The van der Waals surface area contributed by atoms with E-state index in [0.717, 1.165) is 22.3 Å². The van der Waals surface area contributed by atoms with Gasteiger partial charge >= 0.3 is 12.1 Å². The molecule has 0 bridgehead atoms. The zero-order valence-electron chi connectivity index (χ0n) is 16.9. The van der Waals surface area contributed by atoms with Crippen LogP contribution in [0.15, 0.2) is 48.5 Å². The number of carbonyl (C=O) groups excluding carboxylic acids is 2. The molecule has 0 saturated carbocycles. The Kier molecular flexibility index (Phi) is 7.04. The maximum absolute atomic E-state index is 13.1. The van der Waals surface area contributed by atoms with Gasteiger partial charge in [-0.15, -0.1) is 0 Å². The number of hydrogen-bond acceptors (Lipinski definition) is 5. The SMILES string of the molecule is O=C(O)CC(NC(=O)OCC1c2ccccc2-c2ccccc21)C(=O)NCC(F)(F)CO. The first-order valence-electron chi connectivity index (χ1n) is 9.81. The molecule has 2 amide bonds. The van der Waals surface area contributed by atoms with Crippen LogP contribution in [0.2, 0.25) is 0 Å². The third-order valence-electron chi connectivity index (χ3n) is 5.08. The highest BCUT2D eigenvalue weighted by Crippen LogP contribution is 2.44. The van der Waals surface area contributed by atoms with Crippen LogP contribution >= 0.6 is 0 Å². The van der Waals surface area contributed by atoms with E-state index in [1.54, 1.807) is 0 Å². The number of aliphatic hydroxyl groups is 1. The number of halogens is 2. The second kappa shape index (κ2) is 9.73. The molecule has 0 saturated heterocycles. The molecule has 0 spiro atoms. The lowest BCUT2D eigenvalue weighted by molar-refractivity contribution is -0.140. The Hall–Kier alpha value is -3.53. The molecule has 0 heterocycles. The summed E-state index contributed by atoms with van der Waals surface area (Å²) in [7, 11) is 0. The van der Waals surface area contributed by atoms with Crippen molar-refractivity contribution in [1.29, 1.82) is 0 Å². The molecule has 1 aliphatic carbocycles. The Bertz CT molecular complexity index is 968. The Morgan fingerprint density at radius 1 is 1.03 bits per heavy atom. The third kappa shape index (κ3) is 5.38. The molecule has 1 aliphatic rings. The van der Waals surface area contributed by atoms with E-state index in [2.05, 4.69) is 5.32 Å². The molecule has 10 heteroatoms. The van der Waals surface area contributed by atoms with Crippen LogP contribution in [-0.2, 0) is 14.3 Å². The minimum absolute atomic E-state index is 0.0656. The molecule has 1 atom stereocenters. The number of ether oxygens (including phenoxy) is 1. The molecular formula is C22H22F2N2O6. The first-order valence-corrected chi connectivity index (χ1v) is 9.81. The van der Waals surface area contributed by atoms with Gasteiger partial charge < -0.3 is 25.6 Å². The van der Waals surface area contributed by atoms with Gasteiger partial charge in [-0.25, -0.2) is 13.6 Å². The molecule has 8 nitrogen and oxygen atoms in total. The van der Waals surface area contributed by atoms with Crippen molar-refractivity contribution >= 4 is 18.0 Å². The minimum Gasteiger partial charge on any atom is -0.481 e. The minimum atomic E-state index is -3.58. The molecule has 170 valence electrons. The van der Waals surface area contributed by atoms with E-state index in [-0.39, 0.29) is 12.5 Å². The second-order valence-electron chi connectivity index (χ2n) is 7.35. The van der Waals surface area contributed by atoms with Gasteiger partial charge in [0.2, 0.25) is 5.91 Å². The second-order valence-corrected chi connectivity index (χ2v) is 7.35. The van der Waals surface area contributed by atoms with Gasteiger partial charge in [0.15, 0.2) is 0 Å². The van der Waals surface area contributed by atoms with Gasteiger partial charge in [-0.3, -0.25) is 9.59 Å². The summed E-state index contributed by atoms with van der Waals surface area (Å²) in [6, 6.07) is 13.7. The average molecular weight is 448 g/mol. The number of carbonyl (C=O) groups is 3. The maximum Gasteiger partial charge on any atom is 0.407 e. The maximum atomic E-state index is 13.1. The van der Waals surface area contributed by atoms with E-state index in [9.17, 15) is 23.2 Å². The van der Waals surface area contributed by atoms with Gasteiger partial charge in [-0.2, -0.15) is 0 Å². The summed E-state index contributed by atoms with van der Waals surface area (Å²) in [6.07, 6.45) is -1.89. The lowest BCUT2D eigenvalue weighted by Crippen LogP contribution is -2.50. The molecule has 0 radical (unpaired) electrons. The number of carboxylic acids is 1. The Balaban J connectivity index is 1.64. The summed E-state index contributed by atoms with van der Waals surface area (Å²) in [5, 5.41) is 21.5. The molecule has 4 N–H and O–H groups in total. The quantitative estimate of drug-likeness (QED) is 0.466. The van der Waals surface area contributed by atoms with E-state index >= 15 is 0 Å². The molecule has 0 aromatic heterocycles. The fourth-order valence-electron chi connectivity index (χ4n) is 3.56. The van der Waals surface area contributed by atoms with Crippen molar-refractivity contribution in [1.82, 2.24) is 10.6 Å². The van der Waals surface area contributed by atoms with Crippen LogP contribution in [0.25, 0.3) is 11.1 Å². The number of carboxylic acid groups (broad SMARTS) is 1. The lowest BCUT2D eigenvalue weighted by Gasteiger charge is -2.20. The number of alkyl halides is 2. The van der Waals surface area contributed by atoms with Crippen molar-refractivity contribution in [2.75, 3.05) is 19.8 Å². The van der Waals surface area contributed by atoms with Gasteiger partial charge in [0.25, 0.3) is 5.92 Å². The predicted molar refractivity (Wildman–Crippen MR) is 109 cm³/mol. The fraction of sp³-hybridized carbons (Fsp3) is 0.318. The number of aliphatic carboxylic acids is 1. The van der Waals surface area contributed by atoms with Crippen LogP contribution in [0.3, 0.4) is 0 Å². The van der Waals surface area contributed by atoms with E-state index < -0.39 is 49.5 Å². The van der Waals surface area contributed by atoms with Crippen LogP contribution in [0.5, 0.6) is 0 Å². The van der Waals surface area contributed by atoms with Crippen molar-refractivity contribution in [2.24, 2.45) is 0 Å². The molecule has 0 aliphatic heterocycles. The van der Waals surface area contributed by atoms with Crippen LogP contribution < -0.4 is 10.6 Å². The van der Waals surface area contributed by atoms with E-state index in [1.807, 2.05) is 53.8 Å². The number of amides is 2. The standard InChI is InChI=1S/C22H22F2N2O6/c23-22(24,12-27)11-25-20(30)18(9-19(28)29)26-21(31)32-10-17-15-7-3-1-5-13(15)14-6-2-4-8-16(14)17/h1-8,17-18,27H,9-12H2,(H,25,30)(H,26,31)(H,28,29). The summed E-state index contributed by atoms with van der Waals surface area (Å²) in [4.78, 5) is 35.4. The third-order valence-corrected chi connectivity index (χ3v) is 5.08. The summed E-state index contributed by atoms with van der Waals surface area (Å²) in [6.45, 7) is -2.76. The smallest absolute Gasteiger partial charge is 0.407 e. The Morgan fingerprint density at radius 3 is 2.12 bits per heavy atom. The zero-order chi connectivity index (χ0) is 23.3. The van der Waals surface area contributed by atoms with Gasteiger partial charge in [0, 0.05) is 5.92 Å². The van der Waals surface area contributed by atoms with Crippen molar-refractivity contribution in [3.8, 4) is 11.1 Å². The Morgan fingerprint density at radius 2 is 1.59 bits per heavy atom. The largest absolute Gasteiger partial charge is 0.481 e. The fourth-order valence-corrected chi connectivity index (χ4v) is 3.56. The van der Waals surface area contributed by atoms with Gasteiger partial charge in [-0.05, 0) is 22.3 Å². The van der Waals surface area contributed by atoms with Crippen LogP contribution in [0, 0.1) is 0 Å². The van der Waals surface area contributed by atoms with Gasteiger partial charge in [0.05, 0.1) is 13.0 Å². The number of rotatable bonds is 9. The summed E-state index contributed by atoms with van der Waals surface area (Å²) >= 11 is 0. The van der Waals surface area contributed by atoms with Gasteiger partial charge in [0.1, 0.15) is 19.3 Å². The molecule has 1 unspecified atom stereocenters. The van der Waals surface area contributed by atoms with Crippen molar-refractivity contribution < 1.29 is 38.1 Å². The summed E-state index contributed by atoms with van der Waals surface area (Å²) in [5.41, 5.74) is 3.97. The highest BCUT2D eigenvalue weighted by molar-refractivity contribution is 5.89. The highest BCUT2D eigenvalue weighted by atomic mass is 19.3. The first-order chi connectivity index (χ1) is 15.2. The van der Waals surface area contributed by atoms with Crippen LogP contribution in [-0.4, -0.2) is 59.9 Å². The molecule has 0 fully saturated rings. The topological polar surface area (TPSA) is 125 Å². The number of alkyl carbamates (subject to hydrolysis) is 1. The van der Waals surface area contributed by atoms with E-state index in [1.165, 1.54) is 0 Å². The van der Waals surface area contributed by atoms with Gasteiger partial charge in [-0.1, -0.05) is 48.5 Å². The number of hydrogen-bond donors (Lipinski definition) is 4. The average Bonchev–Trinajstić information content (AvgIpc) is 3.09. The molecule has 2 aromatic carbocycles. The first kappa shape index (κ1) is 23.1. The van der Waals surface area contributed by atoms with Crippen molar-refractivity contribution in [3.63, 3.8) is 0 Å². The van der Waals surface area contributed by atoms with Crippen LogP contribution in [0.1, 0.15) is 23.5 Å². The van der Waals surface area contributed by atoms with E-state index in [4.69, 9.17) is 14.9 Å². The van der Waals surface area contributed by atoms with E-state index in [0.29, 0.717) is 0 Å². The Labute approximate surface area is 182 Å². The van der Waals surface area contributed by atoms with Crippen molar-refractivity contribution in [3.05, 3.63) is 59.7 Å². The molecule has 2 aromatic rings. The highest BCUT2D eigenvalue weighted by Gasteiger charge is 2.32.